The van der Waals surface area contributed by atoms with Crippen LogP contribution in [-0.2, 0) is 0 Å². The van der Waals surface area contributed by atoms with Gasteiger partial charge in [-0.15, -0.1) is 0 Å². The maximum Gasteiger partial charge on any atom is 0.393 e. The van der Waals surface area contributed by atoms with Crippen LogP contribution < -0.4 is 0 Å². The lowest BCUT2D eigenvalue weighted by atomic mass is 9.97. The van der Waals surface area contributed by atoms with Crippen LogP contribution in [0.2, 0.25) is 0 Å². The first-order chi connectivity index (χ1) is 10.4. The smallest absolute Gasteiger partial charge is 0.350 e. The van der Waals surface area contributed by atoms with E-state index in [0.717, 1.165) is 0 Å². The van der Waals surface area contributed by atoms with Gasteiger partial charge in [0.2, 0.25) is 0 Å². The maximum absolute atomic E-state index is 13.6. The van der Waals surface area contributed by atoms with Gasteiger partial charge < -0.3 is 9.88 Å². The fraction of sp³-hybridized carbons (Fsp3) is 0.400. The molecule has 3 rings (SSSR count). The van der Waals surface area contributed by atoms with Gasteiger partial charge in [0, 0.05) is 24.0 Å². The van der Waals surface area contributed by atoms with Gasteiger partial charge in [0.1, 0.15) is 11.5 Å². The second kappa shape index (κ2) is 5.30. The monoisotopic (exact) mass is 314 g/mol. The van der Waals surface area contributed by atoms with Gasteiger partial charge in [0.05, 0.1) is 5.92 Å². The molecule has 1 aliphatic heterocycles. The summed E-state index contributed by atoms with van der Waals surface area (Å²) >= 11 is 0. The Kier molecular flexibility index (Phi) is 3.58. The van der Waals surface area contributed by atoms with Gasteiger partial charge in [-0.25, -0.2) is 4.39 Å². The zero-order valence-electron chi connectivity index (χ0n) is 11.6. The number of rotatable bonds is 1. The molecular formula is C15H14F4N2O. The summed E-state index contributed by atoms with van der Waals surface area (Å²) < 4.78 is 52.0. The topological polar surface area (TPSA) is 36.1 Å². The number of amides is 1. The minimum Gasteiger partial charge on any atom is -0.350 e. The van der Waals surface area contributed by atoms with E-state index in [1.54, 1.807) is 6.07 Å². The maximum atomic E-state index is 13.6. The number of likely N-dealkylation sites (tertiary alicyclic amines) is 1. The van der Waals surface area contributed by atoms with Crippen molar-refractivity contribution in [3.05, 3.63) is 35.8 Å². The molecule has 7 heteroatoms. The van der Waals surface area contributed by atoms with Crippen LogP contribution in [0.3, 0.4) is 0 Å². The van der Waals surface area contributed by atoms with Crippen LogP contribution in [-0.4, -0.2) is 35.1 Å². The lowest BCUT2D eigenvalue weighted by Crippen LogP contribution is -2.44. The molecule has 0 radical (unpaired) electrons. The van der Waals surface area contributed by atoms with Gasteiger partial charge in [-0.2, -0.15) is 13.2 Å². The van der Waals surface area contributed by atoms with E-state index in [4.69, 9.17) is 0 Å². The number of fused-ring (bicyclic) bond motifs is 1. The van der Waals surface area contributed by atoms with Gasteiger partial charge in [0.25, 0.3) is 5.91 Å². The predicted octanol–water partition coefficient (Wildman–Crippen LogP) is 3.72. The number of H-pyrrole nitrogens is 1. The van der Waals surface area contributed by atoms with Crippen LogP contribution in [0, 0.1) is 11.7 Å². The van der Waals surface area contributed by atoms with Crippen LogP contribution in [0.4, 0.5) is 17.6 Å². The highest BCUT2D eigenvalue weighted by Crippen LogP contribution is 2.33. The number of nitrogens with zero attached hydrogens (tertiary/aromatic N) is 1. The summed E-state index contributed by atoms with van der Waals surface area (Å²) in [6.45, 7) is -0.0660. The zero-order chi connectivity index (χ0) is 15.9. The highest BCUT2D eigenvalue weighted by Gasteiger charge is 2.42. The summed E-state index contributed by atoms with van der Waals surface area (Å²) in [4.78, 5) is 16.3. The van der Waals surface area contributed by atoms with Crippen molar-refractivity contribution in [2.75, 3.05) is 13.1 Å². The summed E-state index contributed by atoms with van der Waals surface area (Å²) in [5, 5.41) is 0.259. The number of benzene rings is 1. The van der Waals surface area contributed by atoms with Crippen molar-refractivity contribution in [3.8, 4) is 0 Å². The first-order valence-electron chi connectivity index (χ1n) is 6.99. The number of aromatic nitrogens is 1. The zero-order valence-corrected chi connectivity index (χ0v) is 11.6. The molecule has 0 bridgehead atoms. The molecule has 0 unspecified atom stereocenters. The van der Waals surface area contributed by atoms with Crippen molar-refractivity contribution in [2.24, 2.45) is 5.92 Å². The van der Waals surface area contributed by atoms with Crippen LogP contribution in [0.5, 0.6) is 0 Å². The van der Waals surface area contributed by atoms with Crippen LogP contribution >= 0.6 is 0 Å². The normalized spacial score (nSPS) is 19.6. The highest BCUT2D eigenvalue weighted by atomic mass is 19.4. The van der Waals surface area contributed by atoms with Gasteiger partial charge in [-0.1, -0.05) is 6.07 Å². The molecule has 1 amide bonds. The standard InChI is InChI=1S/C15H14F4N2O/c16-11-4-1-5-12-10(11)7-13(20-12)14(22)21-6-2-3-9(8-21)15(17,18)19/h1,4-5,7,9,20H,2-3,6,8H2/t9-/m0/s1. The Hall–Kier alpha value is -2.05. The summed E-state index contributed by atoms with van der Waals surface area (Å²) in [7, 11) is 0. The van der Waals surface area contributed by atoms with E-state index in [2.05, 4.69) is 4.98 Å². The fourth-order valence-corrected chi connectivity index (χ4v) is 2.83. The number of hydrogen-bond donors (Lipinski definition) is 1. The van der Waals surface area contributed by atoms with Crippen molar-refractivity contribution in [2.45, 2.75) is 19.0 Å². The molecule has 1 aromatic carbocycles. The molecule has 1 aliphatic rings. The van der Waals surface area contributed by atoms with Gasteiger partial charge in [0.15, 0.2) is 0 Å². The first kappa shape index (κ1) is 14.9. The molecule has 0 saturated carbocycles. The molecule has 0 aliphatic carbocycles. The van der Waals surface area contributed by atoms with E-state index in [1.165, 1.54) is 23.1 Å². The molecule has 118 valence electrons. The Balaban J connectivity index is 1.84. The summed E-state index contributed by atoms with van der Waals surface area (Å²) in [6, 6.07) is 5.74. The quantitative estimate of drug-likeness (QED) is 0.800. The molecule has 2 aromatic rings. The largest absolute Gasteiger partial charge is 0.393 e. The molecular weight excluding hydrogens is 300 g/mol. The highest BCUT2D eigenvalue weighted by molar-refractivity contribution is 5.98. The lowest BCUT2D eigenvalue weighted by molar-refractivity contribution is -0.184. The van der Waals surface area contributed by atoms with Crippen LogP contribution in [0.15, 0.2) is 24.3 Å². The van der Waals surface area contributed by atoms with E-state index in [1.807, 2.05) is 0 Å². The van der Waals surface area contributed by atoms with Crippen molar-refractivity contribution < 1.29 is 22.4 Å². The molecule has 1 saturated heterocycles. The Labute approximate surface area is 123 Å². The lowest BCUT2D eigenvalue weighted by Gasteiger charge is -2.33. The van der Waals surface area contributed by atoms with E-state index >= 15 is 0 Å². The summed E-state index contributed by atoms with van der Waals surface area (Å²) in [5.74, 6) is -2.49. The predicted molar refractivity (Wildman–Crippen MR) is 72.9 cm³/mol. The third-order valence-electron chi connectivity index (χ3n) is 4.01. The van der Waals surface area contributed by atoms with Gasteiger partial charge in [-0.05, 0) is 31.0 Å². The Morgan fingerprint density at radius 1 is 1.32 bits per heavy atom. The molecule has 1 aromatic heterocycles. The first-order valence-corrected chi connectivity index (χ1v) is 6.99. The van der Waals surface area contributed by atoms with Crippen molar-refractivity contribution >= 4 is 16.8 Å². The molecule has 1 atom stereocenters. The van der Waals surface area contributed by atoms with Crippen LogP contribution in [0.1, 0.15) is 23.3 Å². The third-order valence-corrected chi connectivity index (χ3v) is 4.01. The summed E-state index contributed by atoms with van der Waals surface area (Å²) in [6.07, 6.45) is -3.95. The SMILES string of the molecule is O=C(c1cc2c(F)cccc2[nH]1)N1CCC[C@H](C(F)(F)F)C1. The number of alkyl halides is 3. The Morgan fingerprint density at radius 2 is 2.09 bits per heavy atom. The van der Waals surface area contributed by atoms with E-state index in [-0.39, 0.29) is 30.6 Å². The number of nitrogens with one attached hydrogen (secondary N) is 1. The van der Waals surface area contributed by atoms with Gasteiger partial charge in [-0.3, -0.25) is 4.79 Å². The molecule has 0 spiro atoms. The minimum atomic E-state index is -4.30. The second-order valence-electron chi connectivity index (χ2n) is 5.52. The number of hydrogen-bond acceptors (Lipinski definition) is 1. The fourth-order valence-electron chi connectivity index (χ4n) is 2.83. The molecule has 3 nitrogen and oxygen atoms in total. The summed E-state index contributed by atoms with van der Waals surface area (Å²) in [5.41, 5.74) is 0.565. The molecule has 22 heavy (non-hydrogen) atoms. The van der Waals surface area contributed by atoms with E-state index < -0.39 is 23.8 Å². The number of carbonyl (C=O) groups is 1. The molecule has 2 heterocycles. The van der Waals surface area contributed by atoms with E-state index in [0.29, 0.717) is 11.9 Å². The van der Waals surface area contributed by atoms with Crippen molar-refractivity contribution in [1.29, 1.82) is 0 Å². The Bertz CT molecular complexity index is 707. The van der Waals surface area contributed by atoms with Crippen molar-refractivity contribution in [1.82, 2.24) is 9.88 Å². The van der Waals surface area contributed by atoms with Gasteiger partial charge >= 0.3 is 6.18 Å². The number of carbonyl (C=O) groups excluding carboxylic acids is 1. The van der Waals surface area contributed by atoms with E-state index in [9.17, 15) is 22.4 Å². The number of piperidine rings is 1. The number of aromatic amines is 1. The molecule has 1 fully saturated rings. The second-order valence-corrected chi connectivity index (χ2v) is 5.52. The average molecular weight is 314 g/mol. The van der Waals surface area contributed by atoms with Crippen molar-refractivity contribution in [3.63, 3.8) is 0 Å². The third kappa shape index (κ3) is 2.67. The Morgan fingerprint density at radius 3 is 2.77 bits per heavy atom. The minimum absolute atomic E-state index is 0.0363. The number of halogens is 4. The average Bonchev–Trinajstić information content (AvgIpc) is 2.91. The molecule has 1 N–H and O–H groups in total. The van der Waals surface area contributed by atoms with Crippen LogP contribution in [0.25, 0.3) is 10.9 Å².